The van der Waals surface area contributed by atoms with Crippen molar-refractivity contribution in [3.05, 3.63) is 52.8 Å². The molecule has 0 saturated heterocycles. The predicted octanol–water partition coefficient (Wildman–Crippen LogP) is 2.11. The van der Waals surface area contributed by atoms with Crippen LogP contribution in [-0.2, 0) is 22.5 Å². The number of hydrogen-bond donors (Lipinski definition) is 1. The maximum Gasteiger partial charge on any atom is 0.338 e. The van der Waals surface area contributed by atoms with E-state index in [9.17, 15) is 9.59 Å². The van der Waals surface area contributed by atoms with Gasteiger partial charge in [-0.2, -0.15) is 4.98 Å². The number of para-hydroxylation sites is 1. The summed E-state index contributed by atoms with van der Waals surface area (Å²) in [5.74, 6) is 1.01. The van der Waals surface area contributed by atoms with E-state index in [0.717, 1.165) is 6.42 Å². The number of aryl methyl sites for hydroxylation is 1. The van der Waals surface area contributed by atoms with Crippen molar-refractivity contribution in [1.82, 2.24) is 20.4 Å². The molecule has 2 aromatic rings. The van der Waals surface area contributed by atoms with E-state index in [4.69, 9.17) is 14.0 Å². The lowest BCUT2D eigenvalue weighted by Gasteiger charge is -2.32. The molecule has 9 nitrogen and oxygen atoms in total. The summed E-state index contributed by atoms with van der Waals surface area (Å²) in [5, 5.41) is 6.80. The number of cyclic esters (lactones) is 1. The molecule has 4 rings (SSSR count). The van der Waals surface area contributed by atoms with Gasteiger partial charge >= 0.3 is 12.0 Å². The van der Waals surface area contributed by atoms with Gasteiger partial charge in [0.1, 0.15) is 12.4 Å². The maximum atomic E-state index is 12.9. The quantitative estimate of drug-likeness (QED) is 0.760. The van der Waals surface area contributed by atoms with Crippen molar-refractivity contribution in [2.75, 3.05) is 13.7 Å². The van der Waals surface area contributed by atoms with Gasteiger partial charge in [0.2, 0.25) is 5.89 Å². The molecule has 3 heterocycles. The topological polar surface area (TPSA) is 107 Å². The summed E-state index contributed by atoms with van der Waals surface area (Å²) in [6.45, 7) is 2.12. The minimum absolute atomic E-state index is 0.0207. The second kappa shape index (κ2) is 7.34. The number of benzene rings is 1. The maximum absolute atomic E-state index is 12.9. The van der Waals surface area contributed by atoms with Crippen LogP contribution in [0.1, 0.15) is 36.7 Å². The largest absolute Gasteiger partial charge is 0.496 e. The number of amides is 2. The zero-order chi connectivity index (χ0) is 19.7. The fraction of sp³-hybridized carbons (Fsp3) is 0.368. The van der Waals surface area contributed by atoms with Gasteiger partial charge in [0.25, 0.3) is 0 Å². The fourth-order valence-corrected chi connectivity index (χ4v) is 3.43. The first-order valence-electron chi connectivity index (χ1n) is 9.05. The number of ether oxygens (including phenoxy) is 2. The molecule has 0 bridgehead atoms. The second-order valence-electron chi connectivity index (χ2n) is 6.50. The number of nitrogens with zero attached hydrogens (tertiary/aromatic N) is 3. The lowest BCUT2D eigenvalue weighted by atomic mass is 9.95. The third-order valence-electron chi connectivity index (χ3n) is 4.72. The Labute approximate surface area is 161 Å². The number of esters is 1. The highest BCUT2D eigenvalue weighted by atomic mass is 16.5. The van der Waals surface area contributed by atoms with Crippen molar-refractivity contribution in [2.45, 2.75) is 32.4 Å². The summed E-state index contributed by atoms with van der Waals surface area (Å²) < 4.78 is 15.8. The molecule has 0 spiro atoms. The van der Waals surface area contributed by atoms with E-state index >= 15 is 0 Å². The molecule has 0 saturated carbocycles. The third-order valence-corrected chi connectivity index (χ3v) is 4.72. The van der Waals surface area contributed by atoms with Gasteiger partial charge in [-0.05, 0) is 12.5 Å². The monoisotopic (exact) mass is 384 g/mol. The molecule has 1 N–H and O–H groups in total. The molecule has 2 aliphatic heterocycles. The lowest BCUT2D eigenvalue weighted by Crippen LogP contribution is -2.47. The van der Waals surface area contributed by atoms with Crippen molar-refractivity contribution < 1.29 is 23.6 Å². The molecule has 28 heavy (non-hydrogen) atoms. The Morgan fingerprint density at radius 3 is 2.93 bits per heavy atom. The number of aromatic nitrogens is 2. The van der Waals surface area contributed by atoms with E-state index in [2.05, 4.69) is 15.5 Å². The zero-order valence-corrected chi connectivity index (χ0v) is 15.6. The van der Waals surface area contributed by atoms with Crippen molar-refractivity contribution in [3.63, 3.8) is 0 Å². The summed E-state index contributed by atoms with van der Waals surface area (Å²) in [4.78, 5) is 31.0. The second-order valence-corrected chi connectivity index (χ2v) is 6.50. The highest BCUT2D eigenvalue weighted by Crippen LogP contribution is 2.38. The van der Waals surface area contributed by atoms with Crippen LogP contribution < -0.4 is 10.1 Å². The van der Waals surface area contributed by atoms with Crippen LogP contribution in [0.15, 0.2) is 40.1 Å². The van der Waals surface area contributed by atoms with Gasteiger partial charge in [0.15, 0.2) is 5.82 Å². The van der Waals surface area contributed by atoms with Crippen molar-refractivity contribution in [2.24, 2.45) is 0 Å². The fourth-order valence-electron chi connectivity index (χ4n) is 3.43. The summed E-state index contributed by atoms with van der Waals surface area (Å²) in [6.07, 6.45) is 1.55. The van der Waals surface area contributed by atoms with Gasteiger partial charge in [0, 0.05) is 12.0 Å². The highest BCUT2D eigenvalue weighted by molar-refractivity contribution is 5.97. The van der Waals surface area contributed by atoms with Crippen LogP contribution in [-0.4, -0.2) is 40.8 Å². The van der Waals surface area contributed by atoms with Gasteiger partial charge in [-0.1, -0.05) is 30.3 Å². The van der Waals surface area contributed by atoms with Crippen molar-refractivity contribution in [3.8, 4) is 5.75 Å². The molecule has 146 valence electrons. The standard InChI is InChI=1S/C19H20N4O5/c1-3-6-15-20-14(22-28-15)9-23-12-10-27-18(24)16(12)17(21-19(23)25)11-7-4-5-8-13(11)26-2/h4-5,7-8,17H,3,6,9-10H2,1-2H3,(H,21,25). The van der Waals surface area contributed by atoms with Crippen molar-refractivity contribution in [1.29, 1.82) is 0 Å². The molecule has 1 atom stereocenters. The summed E-state index contributed by atoms with van der Waals surface area (Å²) in [6, 6.07) is 6.23. The number of carbonyl (C=O) groups excluding carboxylic acids is 2. The Balaban J connectivity index is 1.69. The van der Waals surface area contributed by atoms with Gasteiger partial charge in [0.05, 0.1) is 31.0 Å². The molecular weight excluding hydrogens is 364 g/mol. The number of carbonyl (C=O) groups is 2. The van der Waals surface area contributed by atoms with E-state index in [1.807, 2.05) is 25.1 Å². The summed E-state index contributed by atoms with van der Waals surface area (Å²) in [7, 11) is 1.54. The first kappa shape index (κ1) is 18.0. The van der Waals surface area contributed by atoms with Crippen molar-refractivity contribution >= 4 is 12.0 Å². The number of methoxy groups -OCH3 is 1. The van der Waals surface area contributed by atoms with Crippen LogP contribution in [0, 0.1) is 0 Å². The van der Waals surface area contributed by atoms with E-state index in [0.29, 0.717) is 40.7 Å². The Morgan fingerprint density at radius 1 is 1.32 bits per heavy atom. The molecule has 1 aromatic heterocycles. The van der Waals surface area contributed by atoms with Crippen LogP contribution in [0.5, 0.6) is 5.75 Å². The number of nitrogens with one attached hydrogen (secondary N) is 1. The van der Waals surface area contributed by atoms with Crippen LogP contribution in [0.25, 0.3) is 0 Å². The average Bonchev–Trinajstić information content (AvgIpc) is 3.31. The molecule has 0 aliphatic carbocycles. The van der Waals surface area contributed by atoms with Crippen LogP contribution in [0.2, 0.25) is 0 Å². The van der Waals surface area contributed by atoms with Crippen LogP contribution in [0.3, 0.4) is 0 Å². The molecule has 9 heteroatoms. The molecular formula is C19H20N4O5. The lowest BCUT2D eigenvalue weighted by molar-refractivity contribution is -0.136. The molecule has 0 fully saturated rings. The predicted molar refractivity (Wildman–Crippen MR) is 96.1 cm³/mol. The van der Waals surface area contributed by atoms with E-state index in [1.54, 1.807) is 13.2 Å². The molecule has 1 unspecified atom stereocenters. The minimum Gasteiger partial charge on any atom is -0.496 e. The normalized spacial score (nSPS) is 18.8. The number of rotatable bonds is 6. The Morgan fingerprint density at radius 2 is 2.14 bits per heavy atom. The van der Waals surface area contributed by atoms with Crippen LogP contribution in [0.4, 0.5) is 4.79 Å². The molecule has 2 amide bonds. The SMILES string of the molecule is CCCc1nc(CN2C(=O)NC(c3ccccc3OC)C3=C2COC3=O)no1. The molecule has 2 aliphatic rings. The van der Waals surface area contributed by atoms with E-state index < -0.39 is 12.0 Å². The van der Waals surface area contributed by atoms with Gasteiger partial charge < -0.3 is 19.3 Å². The number of hydrogen-bond acceptors (Lipinski definition) is 7. The van der Waals surface area contributed by atoms with E-state index in [1.165, 1.54) is 4.90 Å². The van der Waals surface area contributed by atoms with E-state index in [-0.39, 0.29) is 19.2 Å². The molecule has 0 radical (unpaired) electrons. The van der Waals surface area contributed by atoms with Crippen LogP contribution >= 0.6 is 0 Å². The summed E-state index contributed by atoms with van der Waals surface area (Å²) >= 11 is 0. The Kier molecular flexibility index (Phi) is 4.72. The third kappa shape index (κ3) is 3.08. The van der Waals surface area contributed by atoms with Gasteiger partial charge in [-0.15, -0.1) is 0 Å². The van der Waals surface area contributed by atoms with Gasteiger partial charge in [-0.25, -0.2) is 9.59 Å². The molecule has 1 aromatic carbocycles. The minimum atomic E-state index is -0.647. The highest BCUT2D eigenvalue weighted by Gasteiger charge is 2.43. The van der Waals surface area contributed by atoms with Gasteiger partial charge in [-0.3, -0.25) is 4.90 Å². The summed E-state index contributed by atoms with van der Waals surface area (Å²) in [5.41, 5.74) is 1.59. The first-order chi connectivity index (χ1) is 13.6. The first-order valence-corrected chi connectivity index (χ1v) is 9.05. The Hall–Kier alpha value is -3.36. The smallest absolute Gasteiger partial charge is 0.338 e. The zero-order valence-electron chi connectivity index (χ0n) is 15.6. The number of urea groups is 1. The Bertz CT molecular complexity index is 951. The average molecular weight is 384 g/mol.